The number of ether oxygens (including phenoxy) is 2. The summed E-state index contributed by atoms with van der Waals surface area (Å²) in [4.78, 5) is 11.2. The maximum absolute atomic E-state index is 12.5. The number of halogens is 2. The van der Waals surface area contributed by atoms with Gasteiger partial charge < -0.3 is 14.4 Å². The van der Waals surface area contributed by atoms with Crippen LogP contribution in [0.25, 0.3) is 0 Å². The molecule has 0 N–H and O–H groups in total. The van der Waals surface area contributed by atoms with E-state index in [-0.39, 0.29) is 5.82 Å². The van der Waals surface area contributed by atoms with Gasteiger partial charge in [0.25, 0.3) is 0 Å². The number of benzene rings is 1. The lowest BCUT2D eigenvalue weighted by molar-refractivity contribution is 0.173. The summed E-state index contributed by atoms with van der Waals surface area (Å²) >= 11 is 3.16. The molecule has 4 rings (SSSR count). The summed E-state index contributed by atoms with van der Waals surface area (Å²) in [5.74, 6) is 3.28. The molecule has 164 valence electrons. The van der Waals surface area contributed by atoms with Crippen LogP contribution in [0, 0.1) is 30.5 Å². The Morgan fingerprint density at radius 1 is 1.13 bits per heavy atom. The fourth-order valence-electron chi connectivity index (χ4n) is 4.10. The minimum absolute atomic E-state index is 0.163. The highest BCUT2D eigenvalue weighted by atomic mass is 79.9. The molecule has 30 heavy (non-hydrogen) atoms. The number of hydrogen-bond donors (Lipinski definition) is 0. The number of methoxy groups -OCH3 is 2. The maximum atomic E-state index is 12.5. The first-order valence-electron chi connectivity index (χ1n) is 10.5. The Morgan fingerprint density at radius 3 is 2.40 bits per heavy atom. The molecule has 1 aliphatic heterocycles. The zero-order valence-corrected chi connectivity index (χ0v) is 19.6. The van der Waals surface area contributed by atoms with Gasteiger partial charge in [0.2, 0.25) is 5.95 Å². The number of rotatable bonds is 6. The van der Waals surface area contributed by atoms with Crippen LogP contribution >= 0.6 is 15.9 Å². The molecule has 2 aliphatic rings. The van der Waals surface area contributed by atoms with Crippen molar-refractivity contribution in [3.8, 4) is 0 Å². The average Bonchev–Trinajstić information content (AvgIpc) is 3.52. The van der Waals surface area contributed by atoms with E-state index in [1.807, 2.05) is 25.6 Å². The van der Waals surface area contributed by atoms with Gasteiger partial charge in [-0.05, 0) is 61.6 Å². The van der Waals surface area contributed by atoms with Crippen LogP contribution in [0.15, 0.2) is 35.1 Å². The predicted molar refractivity (Wildman–Crippen MR) is 120 cm³/mol. The van der Waals surface area contributed by atoms with E-state index in [0.717, 1.165) is 53.4 Å². The predicted octanol–water partition coefficient (Wildman–Crippen LogP) is 5.02. The topological polar surface area (TPSA) is 47.5 Å². The monoisotopic (exact) mass is 479 g/mol. The van der Waals surface area contributed by atoms with Crippen molar-refractivity contribution in [3.63, 3.8) is 0 Å². The van der Waals surface area contributed by atoms with E-state index < -0.39 is 0 Å². The highest BCUT2D eigenvalue weighted by molar-refractivity contribution is 9.10. The smallest absolute Gasteiger partial charge is 0.225 e. The third kappa shape index (κ3) is 6.46. The zero-order valence-electron chi connectivity index (χ0n) is 18.0. The van der Waals surface area contributed by atoms with E-state index in [0.29, 0.717) is 12.2 Å². The molecule has 1 aromatic heterocycles. The van der Waals surface area contributed by atoms with Gasteiger partial charge in [-0.3, -0.25) is 0 Å². The highest BCUT2D eigenvalue weighted by Gasteiger charge is 2.43. The van der Waals surface area contributed by atoms with Gasteiger partial charge in [-0.2, -0.15) is 0 Å². The van der Waals surface area contributed by atoms with Crippen LogP contribution in [0.3, 0.4) is 0 Å². The molecule has 2 heterocycles. The van der Waals surface area contributed by atoms with E-state index in [4.69, 9.17) is 9.47 Å². The number of nitrogens with zero attached hydrogens (tertiary/aromatic N) is 3. The van der Waals surface area contributed by atoms with Gasteiger partial charge in [0, 0.05) is 56.3 Å². The van der Waals surface area contributed by atoms with E-state index in [9.17, 15) is 4.39 Å². The molecule has 2 fully saturated rings. The SMILES string of the molecule is COCc1cnc(N2CCC(C3CC3COC)CC2)nc1.Cc1ccc(Br)cc1F. The van der Waals surface area contributed by atoms with Crippen molar-refractivity contribution < 1.29 is 13.9 Å². The average molecular weight is 480 g/mol. The molecular formula is C23H31BrFN3O2. The van der Waals surface area contributed by atoms with Crippen molar-refractivity contribution in [1.29, 1.82) is 0 Å². The van der Waals surface area contributed by atoms with E-state index >= 15 is 0 Å². The molecule has 2 unspecified atom stereocenters. The molecule has 5 nitrogen and oxygen atoms in total. The largest absolute Gasteiger partial charge is 0.384 e. The normalized spacial score (nSPS) is 21.2. The fourth-order valence-corrected chi connectivity index (χ4v) is 4.43. The van der Waals surface area contributed by atoms with Crippen LogP contribution in [0.1, 0.15) is 30.4 Å². The van der Waals surface area contributed by atoms with Crippen molar-refractivity contribution in [2.75, 3.05) is 38.8 Å². The first-order valence-corrected chi connectivity index (χ1v) is 11.3. The van der Waals surface area contributed by atoms with Crippen LogP contribution in [0.5, 0.6) is 0 Å². The van der Waals surface area contributed by atoms with Crippen LogP contribution in [0.4, 0.5) is 10.3 Å². The molecular weight excluding hydrogens is 449 g/mol. The second-order valence-electron chi connectivity index (χ2n) is 8.16. The summed E-state index contributed by atoms with van der Waals surface area (Å²) in [5, 5.41) is 0. The van der Waals surface area contributed by atoms with Crippen molar-refractivity contribution in [2.45, 2.75) is 32.8 Å². The van der Waals surface area contributed by atoms with Crippen molar-refractivity contribution in [3.05, 3.63) is 52.0 Å². The molecule has 1 aliphatic carbocycles. The third-order valence-electron chi connectivity index (χ3n) is 5.92. The summed E-state index contributed by atoms with van der Waals surface area (Å²) in [6.07, 6.45) is 7.61. The number of aromatic nitrogens is 2. The quantitative estimate of drug-likeness (QED) is 0.581. The minimum atomic E-state index is -0.163. The lowest BCUT2D eigenvalue weighted by atomic mass is 9.91. The summed E-state index contributed by atoms with van der Waals surface area (Å²) in [5.41, 5.74) is 1.70. The third-order valence-corrected chi connectivity index (χ3v) is 6.42. The van der Waals surface area contributed by atoms with Crippen LogP contribution in [-0.2, 0) is 16.1 Å². The van der Waals surface area contributed by atoms with Gasteiger partial charge in [0.15, 0.2) is 0 Å². The Bertz CT molecular complexity index is 798. The van der Waals surface area contributed by atoms with Crippen LogP contribution in [-0.4, -0.2) is 43.9 Å². The molecule has 1 saturated carbocycles. The van der Waals surface area contributed by atoms with Crippen LogP contribution < -0.4 is 4.90 Å². The second-order valence-corrected chi connectivity index (χ2v) is 9.07. The van der Waals surface area contributed by atoms with Gasteiger partial charge in [-0.15, -0.1) is 0 Å². The lowest BCUT2D eigenvalue weighted by Gasteiger charge is -2.32. The summed E-state index contributed by atoms with van der Waals surface area (Å²) in [6.45, 7) is 5.40. The number of hydrogen-bond acceptors (Lipinski definition) is 5. The lowest BCUT2D eigenvalue weighted by Crippen LogP contribution is -2.35. The molecule has 1 saturated heterocycles. The van der Waals surface area contributed by atoms with E-state index in [1.54, 1.807) is 20.1 Å². The number of piperidine rings is 1. The zero-order chi connectivity index (χ0) is 21.5. The highest BCUT2D eigenvalue weighted by Crippen LogP contribution is 2.48. The Labute approximate surface area is 187 Å². The van der Waals surface area contributed by atoms with Gasteiger partial charge >= 0.3 is 0 Å². The van der Waals surface area contributed by atoms with E-state index in [1.165, 1.54) is 25.3 Å². The van der Waals surface area contributed by atoms with Crippen LogP contribution in [0.2, 0.25) is 0 Å². The summed E-state index contributed by atoms with van der Waals surface area (Å²) in [7, 11) is 3.50. The second kappa shape index (κ2) is 11.2. The van der Waals surface area contributed by atoms with Gasteiger partial charge in [0.1, 0.15) is 5.82 Å². The van der Waals surface area contributed by atoms with E-state index in [2.05, 4.69) is 30.8 Å². The Morgan fingerprint density at radius 2 is 1.83 bits per heavy atom. The summed E-state index contributed by atoms with van der Waals surface area (Å²) < 4.78 is 23.7. The van der Waals surface area contributed by atoms with Gasteiger partial charge in [0.05, 0.1) is 6.61 Å². The fraction of sp³-hybridized carbons (Fsp3) is 0.565. The Kier molecular flexibility index (Phi) is 8.60. The molecule has 0 amide bonds. The minimum Gasteiger partial charge on any atom is -0.384 e. The molecule has 0 bridgehead atoms. The van der Waals surface area contributed by atoms with Crippen molar-refractivity contribution >= 4 is 21.9 Å². The Balaban J connectivity index is 0.000000239. The molecule has 7 heteroatoms. The molecule has 0 spiro atoms. The standard InChI is InChI=1S/C16H25N3O2.C7H6BrF/c1-20-10-12-8-17-16(18-9-12)19-5-3-13(4-6-19)15-7-14(15)11-21-2;1-5-2-3-6(8)4-7(5)9/h8-9,13-15H,3-7,10-11H2,1-2H3;2-4H,1H3. The molecule has 0 radical (unpaired) electrons. The number of aryl methyl sites for hydroxylation is 1. The maximum Gasteiger partial charge on any atom is 0.225 e. The Hall–Kier alpha value is -1.57. The number of anilines is 1. The first-order chi connectivity index (χ1) is 14.5. The molecule has 2 aromatic rings. The van der Waals surface area contributed by atoms with Crippen molar-refractivity contribution in [2.24, 2.45) is 17.8 Å². The summed E-state index contributed by atoms with van der Waals surface area (Å²) in [6, 6.07) is 5.01. The van der Waals surface area contributed by atoms with Gasteiger partial charge in [-0.1, -0.05) is 22.0 Å². The van der Waals surface area contributed by atoms with Gasteiger partial charge in [-0.25, -0.2) is 14.4 Å². The molecule has 2 atom stereocenters. The first kappa shape index (κ1) is 23.1. The van der Waals surface area contributed by atoms with Crippen molar-refractivity contribution in [1.82, 2.24) is 9.97 Å². The molecule has 1 aromatic carbocycles.